The minimum absolute atomic E-state index is 0.0703. The number of hydrogen-bond acceptors (Lipinski definition) is 2. The predicted molar refractivity (Wildman–Crippen MR) is 133 cm³/mol. The van der Waals surface area contributed by atoms with Gasteiger partial charge in [0, 0.05) is 0 Å². The first-order valence-electron chi connectivity index (χ1n) is 11.5. The third kappa shape index (κ3) is 9.80. The molecule has 0 aliphatic heterocycles. The SMILES string of the molecule is CC(C)(C)c1ccc([I+]c2ccc(C(C)(C)C)cc2)cc1.O=C([O-])C=Cc1ccc(C(F)(F)F)cc1. The highest BCUT2D eigenvalue weighted by molar-refractivity contribution is 5.83. The van der Waals surface area contributed by atoms with Crippen LogP contribution in [0.5, 0.6) is 0 Å². The van der Waals surface area contributed by atoms with Crippen LogP contribution in [0.25, 0.3) is 6.08 Å². The van der Waals surface area contributed by atoms with Crippen molar-refractivity contribution < 1.29 is 44.3 Å². The molecule has 0 aliphatic carbocycles. The van der Waals surface area contributed by atoms with Crippen LogP contribution in [0.1, 0.15) is 63.8 Å². The second kappa shape index (κ2) is 12.1. The highest BCUT2D eigenvalue weighted by atomic mass is 127. The van der Waals surface area contributed by atoms with Gasteiger partial charge in [0.15, 0.2) is 7.14 Å². The van der Waals surface area contributed by atoms with E-state index in [1.165, 1.54) is 30.4 Å². The van der Waals surface area contributed by atoms with Crippen molar-refractivity contribution in [2.45, 2.75) is 58.5 Å². The van der Waals surface area contributed by atoms with Crippen molar-refractivity contribution in [3.05, 3.63) is 108 Å². The van der Waals surface area contributed by atoms with Crippen LogP contribution in [0.2, 0.25) is 0 Å². The summed E-state index contributed by atoms with van der Waals surface area (Å²) in [7, 11) is 0. The number of carboxylic acid groups (broad SMARTS) is 1. The molecule has 192 valence electrons. The number of carbonyl (C=O) groups is 1. The zero-order valence-corrected chi connectivity index (χ0v) is 23.6. The van der Waals surface area contributed by atoms with Gasteiger partial charge in [-0.3, -0.25) is 0 Å². The van der Waals surface area contributed by atoms with E-state index < -0.39 is 17.7 Å². The minimum Gasteiger partial charge on any atom is -0.545 e. The molecule has 0 atom stereocenters. The second-order valence-electron chi connectivity index (χ2n) is 10.4. The lowest BCUT2D eigenvalue weighted by atomic mass is 9.87. The molecule has 3 aromatic rings. The van der Waals surface area contributed by atoms with Gasteiger partial charge in [0.1, 0.15) is 0 Å². The van der Waals surface area contributed by atoms with Gasteiger partial charge in [-0.15, -0.1) is 0 Å². The van der Waals surface area contributed by atoms with Crippen LogP contribution in [0, 0.1) is 7.14 Å². The molecule has 0 fully saturated rings. The normalized spacial score (nSPS) is 12.2. The predicted octanol–water partition coefficient (Wildman–Crippen LogP) is 3.88. The maximum Gasteiger partial charge on any atom is 0.416 e. The maximum absolute atomic E-state index is 12.1. The summed E-state index contributed by atoms with van der Waals surface area (Å²) in [5, 5.41) is 10.0. The van der Waals surface area contributed by atoms with Crippen molar-refractivity contribution in [2.24, 2.45) is 0 Å². The van der Waals surface area contributed by atoms with Gasteiger partial charge in [-0.1, -0.05) is 84.0 Å². The quantitative estimate of drug-likeness (QED) is 0.334. The van der Waals surface area contributed by atoms with Gasteiger partial charge in [0.05, 0.1) is 11.5 Å². The Labute approximate surface area is 222 Å². The molecular formula is C30H32F3IO2. The summed E-state index contributed by atoms with van der Waals surface area (Å²) in [5.74, 6) is -1.39. The first kappa shape index (κ1) is 29.6. The summed E-state index contributed by atoms with van der Waals surface area (Å²) in [4.78, 5) is 10.0. The smallest absolute Gasteiger partial charge is 0.416 e. The standard InChI is InChI=1S/C20H26I.C10H7F3O2/c1-19(2,3)15-7-11-17(12-8-15)21-18-13-9-16(10-14-18)20(4,5)6;11-10(12,13)8-4-1-7(2-5-8)3-6-9(14)15/h7-14H,1-6H3;1-6H,(H,14,15)/q+1;/p-1. The fraction of sp³-hybridized carbons (Fsp3) is 0.300. The highest BCUT2D eigenvalue weighted by Gasteiger charge is 2.29. The Morgan fingerprint density at radius 3 is 1.33 bits per heavy atom. The van der Waals surface area contributed by atoms with Gasteiger partial charge in [0.25, 0.3) is 0 Å². The minimum atomic E-state index is -4.38. The average molecular weight is 608 g/mol. The summed E-state index contributed by atoms with van der Waals surface area (Å²) in [6.45, 7) is 13.6. The van der Waals surface area contributed by atoms with Gasteiger partial charge in [-0.2, -0.15) is 13.2 Å². The van der Waals surface area contributed by atoms with E-state index in [2.05, 4.69) is 90.1 Å². The summed E-state index contributed by atoms with van der Waals surface area (Å²) >= 11 is -0.0703. The molecule has 0 aliphatic rings. The third-order valence-corrected chi connectivity index (χ3v) is 7.97. The Balaban J connectivity index is 0.000000269. The van der Waals surface area contributed by atoms with Crippen LogP contribution >= 0.6 is 0 Å². The molecule has 0 amide bonds. The Morgan fingerprint density at radius 2 is 1.03 bits per heavy atom. The second-order valence-corrected chi connectivity index (χ2v) is 13.4. The maximum atomic E-state index is 12.1. The van der Waals surface area contributed by atoms with E-state index in [-0.39, 0.29) is 32.0 Å². The molecule has 0 N–H and O–H groups in total. The van der Waals surface area contributed by atoms with E-state index in [1.807, 2.05) is 0 Å². The molecular weight excluding hydrogens is 576 g/mol. The molecule has 0 spiro atoms. The molecule has 0 aromatic heterocycles. The number of rotatable bonds is 4. The van der Waals surface area contributed by atoms with E-state index in [0.29, 0.717) is 5.56 Å². The third-order valence-electron chi connectivity index (χ3n) is 5.29. The van der Waals surface area contributed by atoms with Gasteiger partial charge in [-0.05, 0) is 70.0 Å². The van der Waals surface area contributed by atoms with Gasteiger partial charge < -0.3 is 9.90 Å². The van der Waals surface area contributed by atoms with Gasteiger partial charge in [0.2, 0.25) is 0 Å². The highest BCUT2D eigenvalue weighted by Crippen LogP contribution is 2.29. The lowest BCUT2D eigenvalue weighted by molar-refractivity contribution is -0.597. The largest absolute Gasteiger partial charge is 0.545 e. The van der Waals surface area contributed by atoms with Crippen LogP contribution in [-0.2, 0) is 21.8 Å². The number of benzene rings is 3. The zero-order chi connectivity index (χ0) is 27.1. The fourth-order valence-electron chi connectivity index (χ4n) is 3.10. The van der Waals surface area contributed by atoms with Crippen molar-refractivity contribution in [1.29, 1.82) is 0 Å². The first-order chi connectivity index (χ1) is 16.6. The van der Waals surface area contributed by atoms with Crippen molar-refractivity contribution in [2.75, 3.05) is 0 Å². The van der Waals surface area contributed by atoms with Crippen molar-refractivity contribution in [3.8, 4) is 0 Å². The molecule has 6 heteroatoms. The Hall–Kier alpha value is -2.61. The Morgan fingerprint density at radius 1 is 0.667 bits per heavy atom. The molecule has 3 aromatic carbocycles. The molecule has 0 bridgehead atoms. The fourth-order valence-corrected chi connectivity index (χ4v) is 5.26. The Bertz CT molecular complexity index is 1090. The summed E-state index contributed by atoms with van der Waals surface area (Å²) in [6.07, 6.45) is -2.46. The molecule has 2 nitrogen and oxygen atoms in total. The molecule has 36 heavy (non-hydrogen) atoms. The van der Waals surface area contributed by atoms with Crippen molar-refractivity contribution in [1.82, 2.24) is 0 Å². The number of halogens is 4. The molecule has 3 rings (SSSR count). The van der Waals surface area contributed by atoms with E-state index >= 15 is 0 Å². The number of carbonyl (C=O) groups excluding carboxylic acids is 1. The van der Waals surface area contributed by atoms with Crippen LogP contribution in [0.3, 0.4) is 0 Å². The topological polar surface area (TPSA) is 40.1 Å². The van der Waals surface area contributed by atoms with E-state index in [1.54, 1.807) is 0 Å². The van der Waals surface area contributed by atoms with Crippen molar-refractivity contribution >= 4 is 12.0 Å². The molecule has 0 saturated carbocycles. The average Bonchev–Trinajstić information content (AvgIpc) is 2.77. The van der Waals surface area contributed by atoms with E-state index in [0.717, 1.165) is 24.3 Å². The number of hydrogen-bond donors (Lipinski definition) is 0. The molecule has 0 saturated heterocycles. The lowest BCUT2D eigenvalue weighted by Crippen LogP contribution is -3.61. The number of alkyl halides is 3. The van der Waals surface area contributed by atoms with Gasteiger partial charge in [-0.25, -0.2) is 0 Å². The van der Waals surface area contributed by atoms with Crippen LogP contribution in [-0.4, -0.2) is 5.97 Å². The van der Waals surface area contributed by atoms with Crippen LogP contribution in [0.15, 0.2) is 78.9 Å². The molecule has 0 heterocycles. The van der Waals surface area contributed by atoms with Crippen molar-refractivity contribution in [3.63, 3.8) is 0 Å². The number of aliphatic carboxylic acids is 1. The van der Waals surface area contributed by atoms with Crippen LogP contribution in [0.4, 0.5) is 13.2 Å². The lowest BCUT2D eigenvalue weighted by Gasteiger charge is -2.18. The number of carboxylic acids is 1. The summed E-state index contributed by atoms with van der Waals surface area (Å²) < 4.78 is 39.3. The molecule has 0 unspecified atom stereocenters. The van der Waals surface area contributed by atoms with Crippen LogP contribution < -0.4 is 26.3 Å². The van der Waals surface area contributed by atoms with E-state index in [4.69, 9.17) is 0 Å². The summed E-state index contributed by atoms with van der Waals surface area (Å²) in [6, 6.07) is 22.5. The monoisotopic (exact) mass is 608 g/mol. The Kier molecular flexibility index (Phi) is 9.94. The zero-order valence-electron chi connectivity index (χ0n) is 21.4. The molecule has 0 radical (unpaired) electrons. The van der Waals surface area contributed by atoms with E-state index in [9.17, 15) is 23.1 Å². The first-order valence-corrected chi connectivity index (χ1v) is 13.6. The summed E-state index contributed by atoms with van der Waals surface area (Å²) in [5.41, 5.74) is 2.91. The van der Waals surface area contributed by atoms with Gasteiger partial charge >= 0.3 is 27.4 Å².